The molecule has 0 saturated heterocycles. The van der Waals surface area contributed by atoms with Crippen LogP contribution in [-0.2, 0) is 21.0 Å². The van der Waals surface area contributed by atoms with E-state index in [1.807, 2.05) is 0 Å². The number of carbonyl (C=O) groups is 1. The molecule has 3 heteroatoms. The Morgan fingerprint density at radius 2 is 1.39 bits per heavy atom. The van der Waals surface area contributed by atoms with Gasteiger partial charge in [0, 0.05) is 5.41 Å². The molecule has 1 atom stereocenters. The highest BCUT2D eigenvalue weighted by Gasteiger charge is 2.36. The molecule has 0 spiro atoms. The molecule has 0 heterocycles. The fourth-order valence-corrected chi connectivity index (χ4v) is 4.10. The fraction of sp³-hybridized carbons (Fsp3) is 0.720. The van der Waals surface area contributed by atoms with Crippen LogP contribution >= 0.6 is 0 Å². The Morgan fingerprint density at radius 3 is 1.75 bits per heavy atom. The standard InChI is InChI=1S/C25H42O3/c1-9-11-12-13-14-25(10-2,17-21(26)27)18-15-19(23(3,4)5)22(28)20(16-18)24(6,7)8/h15-16,28H,9-14,17H2,1-8H3,(H,26,27). The highest BCUT2D eigenvalue weighted by Crippen LogP contribution is 2.45. The largest absolute Gasteiger partial charge is 0.507 e. The summed E-state index contributed by atoms with van der Waals surface area (Å²) in [6.45, 7) is 16.9. The van der Waals surface area contributed by atoms with Crippen molar-refractivity contribution >= 4 is 5.97 Å². The van der Waals surface area contributed by atoms with Crippen LogP contribution in [0.15, 0.2) is 12.1 Å². The first-order valence-electron chi connectivity index (χ1n) is 10.9. The topological polar surface area (TPSA) is 57.5 Å². The number of aliphatic carboxylic acids is 1. The van der Waals surface area contributed by atoms with Gasteiger partial charge in [0.05, 0.1) is 6.42 Å². The Morgan fingerprint density at radius 1 is 0.893 bits per heavy atom. The molecule has 1 unspecified atom stereocenters. The van der Waals surface area contributed by atoms with Crippen molar-refractivity contribution in [1.82, 2.24) is 0 Å². The minimum atomic E-state index is -0.750. The molecule has 0 radical (unpaired) electrons. The van der Waals surface area contributed by atoms with Crippen LogP contribution in [-0.4, -0.2) is 16.2 Å². The SMILES string of the molecule is CCCCCCC(CC)(CC(=O)O)c1cc(C(C)(C)C)c(O)c(C(C)(C)C)c1. The lowest BCUT2D eigenvalue weighted by Gasteiger charge is -2.36. The van der Waals surface area contributed by atoms with E-state index in [9.17, 15) is 15.0 Å². The van der Waals surface area contributed by atoms with Crippen molar-refractivity contribution in [2.75, 3.05) is 0 Å². The van der Waals surface area contributed by atoms with Crippen molar-refractivity contribution in [2.45, 2.75) is 117 Å². The monoisotopic (exact) mass is 390 g/mol. The van der Waals surface area contributed by atoms with Gasteiger partial charge in [0.2, 0.25) is 0 Å². The lowest BCUT2D eigenvalue weighted by Crippen LogP contribution is -2.30. The van der Waals surface area contributed by atoms with Crippen molar-refractivity contribution in [2.24, 2.45) is 0 Å². The quantitative estimate of drug-likeness (QED) is 0.443. The third-order valence-corrected chi connectivity index (χ3v) is 6.01. The van der Waals surface area contributed by atoms with Gasteiger partial charge in [0.1, 0.15) is 5.75 Å². The first kappa shape index (κ1) is 24.5. The van der Waals surface area contributed by atoms with Crippen LogP contribution in [0.4, 0.5) is 0 Å². The Hall–Kier alpha value is -1.51. The first-order chi connectivity index (χ1) is 12.8. The summed E-state index contributed by atoms with van der Waals surface area (Å²) in [5.41, 5.74) is 2.06. The molecule has 1 aromatic carbocycles. The van der Waals surface area contributed by atoms with Gasteiger partial charge in [-0.05, 0) is 40.4 Å². The summed E-state index contributed by atoms with van der Waals surface area (Å²) < 4.78 is 0. The summed E-state index contributed by atoms with van der Waals surface area (Å²) in [5.74, 6) is -0.393. The van der Waals surface area contributed by atoms with Gasteiger partial charge in [-0.1, -0.05) is 93.2 Å². The van der Waals surface area contributed by atoms with Gasteiger partial charge >= 0.3 is 5.97 Å². The number of carboxylic acids is 1. The predicted octanol–water partition coefficient (Wildman–Crippen LogP) is 7.08. The highest BCUT2D eigenvalue weighted by atomic mass is 16.4. The summed E-state index contributed by atoms with van der Waals surface area (Å²) >= 11 is 0. The summed E-state index contributed by atoms with van der Waals surface area (Å²) in [7, 11) is 0. The zero-order valence-corrected chi connectivity index (χ0v) is 19.4. The van der Waals surface area contributed by atoms with E-state index < -0.39 is 11.4 Å². The number of hydrogen-bond acceptors (Lipinski definition) is 2. The van der Waals surface area contributed by atoms with Gasteiger partial charge in [0.25, 0.3) is 0 Å². The van der Waals surface area contributed by atoms with E-state index in [0.717, 1.165) is 42.4 Å². The number of unbranched alkanes of at least 4 members (excludes halogenated alkanes) is 3. The highest BCUT2D eigenvalue weighted by molar-refractivity contribution is 5.69. The maximum atomic E-state index is 11.8. The van der Waals surface area contributed by atoms with Gasteiger partial charge in [-0.3, -0.25) is 4.79 Å². The van der Waals surface area contributed by atoms with E-state index >= 15 is 0 Å². The number of hydrogen-bond donors (Lipinski definition) is 2. The van der Waals surface area contributed by atoms with E-state index in [2.05, 4.69) is 67.5 Å². The van der Waals surface area contributed by atoms with Crippen molar-refractivity contribution in [3.63, 3.8) is 0 Å². The van der Waals surface area contributed by atoms with E-state index in [4.69, 9.17) is 0 Å². The van der Waals surface area contributed by atoms with Crippen LogP contribution in [0.1, 0.15) is 117 Å². The molecule has 2 N–H and O–H groups in total. The summed E-state index contributed by atoms with van der Waals surface area (Å²) in [6, 6.07) is 4.16. The number of aromatic hydroxyl groups is 1. The van der Waals surface area contributed by atoms with Gasteiger partial charge < -0.3 is 10.2 Å². The average molecular weight is 391 g/mol. The van der Waals surface area contributed by atoms with E-state index in [0.29, 0.717) is 5.75 Å². The zero-order chi connectivity index (χ0) is 21.8. The second-order valence-corrected chi connectivity index (χ2v) is 10.4. The van der Waals surface area contributed by atoms with Crippen LogP contribution < -0.4 is 0 Å². The van der Waals surface area contributed by atoms with Crippen molar-refractivity contribution in [1.29, 1.82) is 0 Å². The van der Waals surface area contributed by atoms with Gasteiger partial charge in [-0.2, -0.15) is 0 Å². The number of phenols is 1. The van der Waals surface area contributed by atoms with Crippen LogP contribution in [0.5, 0.6) is 5.75 Å². The first-order valence-corrected chi connectivity index (χ1v) is 10.9. The summed E-state index contributed by atoms with van der Waals surface area (Å²) in [5, 5.41) is 20.7. The number of carboxylic acid groups (broad SMARTS) is 1. The lowest BCUT2D eigenvalue weighted by atomic mass is 9.68. The third kappa shape index (κ3) is 5.99. The number of phenolic OH excluding ortho intramolecular Hbond substituents is 1. The maximum absolute atomic E-state index is 11.8. The molecule has 160 valence electrons. The molecule has 0 saturated carbocycles. The van der Waals surface area contributed by atoms with Crippen LogP contribution in [0.3, 0.4) is 0 Å². The van der Waals surface area contributed by atoms with Crippen LogP contribution in [0, 0.1) is 0 Å². The lowest BCUT2D eigenvalue weighted by molar-refractivity contribution is -0.138. The van der Waals surface area contributed by atoms with Gasteiger partial charge in [0.15, 0.2) is 0 Å². The molecular formula is C25H42O3. The smallest absolute Gasteiger partial charge is 0.304 e. The summed E-state index contributed by atoms with van der Waals surface area (Å²) in [6.07, 6.45) is 6.30. The molecular weight excluding hydrogens is 348 g/mol. The molecule has 1 rings (SSSR count). The normalized spacial score (nSPS) is 14.7. The van der Waals surface area contributed by atoms with Gasteiger partial charge in [-0.25, -0.2) is 0 Å². The van der Waals surface area contributed by atoms with Gasteiger partial charge in [-0.15, -0.1) is 0 Å². The molecule has 0 bridgehead atoms. The van der Waals surface area contributed by atoms with Crippen molar-refractivity contribution in [3.05, 3.63) is 28.8 Å². The minimum Gasteiger partial charge on any atom is -0.507 e. The van der Waals surface area contributed by atoms with Crippen LogP contribution in [0.25, 0.3) is 0 Å². The molecule has 0 amide bonds. The Balaban J connectivity index is 3.64. The second kappa shape index (κ2) is 9.33. The maximum Gasteiger partial charge on any atom is 0.304 e. The molecule has 0 aliphatic rings. The second-order valence-electron chi connectivity index (χ2n) is 10.4. The van der Waals surface area contributed by atoms with E-state index in [1.54, 1.807) is 0 Å². The molecule has 0 fully saturated rings. The fourth-order valence-electron chi connectivity index (χ4n) is 4.10. The molecule has 0 aliphatic heterocycles. The molecule has 0 aliphatic carbocycles. The van der Waals surface area contributed by atoms with Crippen molar-refractivity contribution < 1.29 is 15.0 Å². The molecule has 0 aromatic heterocycles. The molecule has 28 heavy (non-hydrogen) atoms. The number of benzene rings is 1. The molecule has 3 nitrogen and oxygen atoms in total. The zero-order valence-electron chi connectivity index (χ0n) is 19.4. The van der Waals surface area contributed by atoms with E-state index in [-0.39, 0.29) is 17.3 Å². The summed E-state index contributed by atoms with van der Waals surface area (Å²) in [4.78, 5) is 11.8. The Bertz CT molecular complexity index is 626. The Kier molecular flexibility index (Phi) is 8.17. The van der Waals surface area contributed by atoms with Crippen LogP contribution in [0.2, 0.25) is 0 Å². The minimum absolute atomic E-state index is 0.133. The van der Waals surface area contributed by atoms with E-state index in [1.165, 1.54) is 12.8 Å². The molecule has 1 aromatic rings. The Labute approximate surface area is 172 Å². The average Bonchev–Trinajstić information content (AvgIpc) is 2.55. The third-order valence-electron chi connectivity index (χ3n) is 6.01. The number of rotatable bonds is 9. The predicted molar refractivity (Wildman–Crippen MR) is 118 cm³/mol. The van der Waals surface area contributed by atoms with Crippen molar-refractivity contribution in [3.8, 4) is 5.75 Å².